The van der Waals surface area contributed by atoms with Gasteiger partial charge in [-0.1, -0.05) is 30.3 Å². The number of anilines is 2. The summed E-state index contributed by atoms with van der Waals surface area (Å²) in [7, 11) is 1.62. The summed E-state index contributed by atoms with van der Waals surface area (Å²) in [4.78, 5) is 18.0. The highest BCUT2D eigenvalue weighted by Gasteiger charge is 2.43. The molecule has 1 amide bonds. The SMILES string of the molecule is COc1ccc(N2CCN3c4ccc(C(F)(F)F)cc4C[C@H](C(=O)N[C@@H](C)c4ccccc4)[C@H]3C2)cc1. The summed E-state index contributed by atoms with van der Waals surface area (Å²) in [6.07, 6.45) is -4.18. The number of carbonyl (C=O) groups is 1. The van der Waals surface area contributed by atoms with E-state index in [1.165, 1.54) is 6.07 Å². The Labute approximate surface area is 214 Å². The third-order valence-corrected chi connectivity index (χ3v) is 7.47. The van der Waals surface area contributed by atoms with Gasteiger partial charge in [0, 0.05) is 31.0 Å². The summed E-state index contributed by atoms with van der Waals surface area (Å²) in [5.41, 5.74) is 2.67. The highest BCUT2D eigenvalue weighted by atomic mass is 19.4. The Morgan fingerprint density at radius 3 is 2.43 bits per heavy atom. The van der Waals surface area contributed by atoms with Gasteiger partial charge in [0.25, 0.3) is 0 Å². The molecule has 194 valence electrons. The van der Waals surface area contributed by atoms with Gasteiger partial charge in [-0.2, -0.15) is 13.2 Å². The van der Waals surface area contributed by atoms with Gasteiger partial charge >= 0.3 is 6.18 Å². The standard InChI is InChI=1S/C29H30F3N3O2/c1-19(20-6-4-3-5-7-20)33-28(36)25-17-21-16-22(29(30,31)32)8-13-26(21)35-15-14-34(18-27(25)35)23-9-11-24(37-2)12-10-23/h3-13,16,19,25,27H,14-15,17-18H2,1-2H3,(H,33,36)/t19-,25-,27+/m0/s1. The second-order valence-corrected chi connectivity index (χ2v) is 9.70. The lowest BCUT2D eigenvalue weighted by Crippen LogP contribution is -2.61. The fourth-order valence-corrected chi connectivity index (χ4v) is 5.47. The quantitative estimate of drug-likeness (QED) is 0.496. The van der Waals surface area contributed by atoms with E-state index in [4.69, 9.17) is 4.74 Å². The fraction of sp³-hybridized carbons (Fsp3) is 0.345. The number of alkyl halides is 3. The number of carbonyl (C=O) groups excluding carboxylic acids is 1. The van der Waals surface area contributed by atoms with Crippen LogP contribution in [0, 0.1) is 5.92 Å². The molecule has 0 spiro atoms. The molecule has 8 heteroatoms. The lowest BCUT2D eigenvalue weighted by molar-refractivity contribution is -0.137. The van der Waals surface area contributed by atoms with Crippen molar-refractivity contribution in [1.29, 1.82) is 0 Å². The maximum absolute atomic E-state index is 13.7. The van der Waals surface area contributed by atoms with Gasteiger partial charge in [0.2, 0.25) is 5.91 Å². The molecule has 0 radical (unpaired) electrons. The lowest BCUT2D eigenvalue weighted by Gasteiger charge is -2.50. The topological polar surface area (TPSA) is 44.8 Å². The predicted octanol–water partition coefficient (Wildman–Crippen LogP) is 5.46. The molecule has 3 aromatic carbocycles. The first-order chi connectivity index (χ1) is 17.7. The summed E-state index contributed by atoms with van der Waals surface area (Å²) in [5.74, 6) is 0.121. The summed E-state index contributed by atoms with van der Waals surface area (Å²) < 4.78 is 45.7. The van der Waals surface area contributed by atoms with Crippen LogP contribution < -0.4 is 19.9 Å². The fourth-order valence-electron chi connectivity index (χ4n) is 5.47. The largest absolute Gasteiger partial charge is 0.497 e. The van der Waals surface area contributed by atoms with Gasteiger partial charge in [-0.25, -0.2) is 0 Å². The molecule has 3 aromatic rings. The Hall–Kier alpha value is -3.68. The van der Waals surface area contributed by atoms with Crippen molar-refractivity contribution >= 4 is 17.3 Å². The van der Waals surface area contributed by atoms with E-state index in [0.717, 1.165) is 28.8 Å². The van der Waals surface area contributed by atoms with Gasteiger partial charge in [-0.3, -0.25) is 4.79 Å². The number of hydrogen-bond donors (Lipinski definition) is 1. The van der Waals surface area contributed by atoms with E-state index in [1.54, 1.807) is 13.2 Å². The zero-order valence-electron chi connectivity index (χ0n) is 20.8. The van der Waals surface area contributed by atoms with Crippen molar-refractivity contribution in [3.05, 3.63) is 89.5 Å². The van der Waals surface area contributed by atoms with Gasteiger partial charge < -0.3 is 19.9 Å². The van der Waals surface area contributed by atoms with Crippen LogP contribution in [0.5, 0.6) is 5.75 Å². The summed E-state index contributed by atoms with van der Waals surface area (Å²) >= 11 is 0. The second-order valence-electron chi connectivity index (χ2n) is 9.70. The van der Waals surface area contributed by atoms with Crippen LogP contribution in [-0.4, -0.2) is 38.7 Å². The van der Waals surface area contributed by atoms with Crippen LogP contribution in [0.15, 0.2) is 72.8 Å². The first-order valence-corrected chi connectivity index (χ1v) is 12.5. The summed E-state index contributed by atoms with van der Waals surface area (Å²) in [6.45, 7) is 3.81. The maximum Gasteiger partial charge on any atom is 0.416 e. The minimum absolute atomic E-state index is 0.147. The Morgan fingerprint density at radius 1 is 1.03 bits per heavy atom. The highest BCUT2D eigenvalue weighted by Crippen LogP contribution is 2.40. The number of fused-ring (bicyclic) bond motifs is 3. The molecule has 2 aliphatic rings. The highest BCUT2D eigenvalue weighted by molar-refractivity contribution is 5.83. The molecular weight excluding hydrogens is 479 g/mol. The van der Waals surface area contributed by atoms with Crippen LogP contribution in [0.4, 0.5) is 24.5 Å². The third kappa shape index (κ3) is 5.10. The molecule has 1 saturated heterocycles. The number of methoxy groups -OCH3 is 1. The number of benzene rings is 3. The Kier molecular flexibility index (Phi) is 6.75. The maximum atomic E-state index is 13.7. The van der Waals surface area contributed by atoms with Gasteiger partial charge in [0.1, 0.15) is 5.75 Å². The van der Waals surface area contributed by atoms with E-state index in [2.05, 4.69) is 15.1 Å². The van der Waals surface area contributed by atoms with Gasteiger partial charge in [-0.05, 0) is 66.9 Å². The first-order valence-electron chi connectivity index (χ1n) is 12.5. The van der Waals surface area contributed by atoms with Gasteiger partial charge in [0.05, 0.1) is 30.7 Å². The molecular formula is C29H30F3N3O2. The first kappa shape index (κ1) is 25.0. The number of hydrogen-bond acceptors (Lipinski definition) is 4. The van der Waals surface area contributed by atoms with Crippen molar-refractivity contribution in [3.8, 4) is 5.75 Å². The van der Waals surface area contributed by atoms with Crippen molar-refractivity contribution in [1.82, 2.24) is 5.32 Å². The number of nitrogens with zero attached hydrogens (tertiary/aromatic N) is 2. The van der Waals surface area contributed by atoms with Crippen LogP contribution in [0.3, 0.4) is 0 Å². The monoisotopic (exact) mass is 509 g/mol. The van der Waals surface area contributed by atoms with Crippen molar-refractivity contribution in [2.24, 2.45) is 5.92 Å². The Balaban J connectivity index is 1.45. The van der Waals surface area contributed by atoms with Crippen LogP contribution in [0.2, 0.25) is 0 Å². The molecule has 2 heterocycles. The van der Waals surface area contributed by atoms with Crippen LogP contribution in [0.1, 0.15) is 29.7 Å². The third-order valence-electron chi connectivity index (χ3n) is 7.47. The molecule has 0 unspecified atom stereocenters. The minimum atomic E-state index is -4.43. The molecule has 0 aliphatic carbocycles. The van der Waals surface area contributed by atoms with Gasteiger partial charge in [0.15, 0.2) is 0 Å². The molecule has 37 heavy (non-hydrogen) atoms. The van der Waals surface area contributed by atoms with Crippen molar-refractivity contribution in [2.45, 2.75) is 31.6 Å². The molecule has 0 aromatic heterocycles. The normalized spacial score (nSPS) is 20.0. The summed E-state index contributed by atoms with van der Waals surface area (Å²) in [5, 5.41) is 3.12. The lowest BCUT2D eigenvalue weighted by atomic mass is 9.82. The van der Waals surface area contributed by atoms with Crippen LogP contribution in [-0.2, 0) is 17.4 Å². The molecule has 0 bridgehead atoms. The number of halogens is 3. The van der Waals surface area contributed by atoms with Crippen LogP contribution in [0.25, 0.3) is 0 Å². The van der Waals surface area contributed by atoms with E-state index < -0.39 is 17.7 Å². The molecule has 5 rings (SSSR count). The number of amides is 1. The average molecular weight is 510 g/mol. The zero-order valence-corrected chi connectivity index (χ0v) is 20.8. The van der Waals surface area contributed by atoms with Crippen molar-refractivity contribution in [2.75, 3.05) is 36.5 Å². The van der Waals surface area contributed by atoms with Crippen molar-refractivity contribution < 1.29 is 22.7 Å². The zero-order chi connectivity index (χ0) is 26.2. The van der Waals surface area contributed by atoms with E-state index in [9.17, 15) is 18.0 Å². The number of piperazine rings is 1. The van der Waals surface area contributed by atoms with E-state index in [-0.39, 0.29) is 24.4 Å². The van der Waals surface area contributed by atoms with Gasteiger partial charge in [-0.15, -0.1) is 0 Å². The van der Waals surface area contributed by atoms with E-state index in [1.807, 2.05) is 61.5 Å². The van der Waals surface area contributed by atoms with Crippen LogP contribution >= 0.6 is 0 Å². The van der Waals surface area contributed by atoms with E-state index in [0.29, 0.717) is 25.2 Å². The second kappa shape index (κ2) is 10.00. The number of nitrogens with one attached hydrogen (secondary N) is 1. The average Bonchev–Trinajstić information content (AvgIpc) is 2.92. The molecule has 0 saturated carbocycles. The molecule has 3 atom stereocenters. The number of ether oxygens (including phenoxy) is 1. The predicted molar refractivity (Wildman–Crippen MR) is 138 cm³/mol. The smallest absolute Gasteiger partial charge is 0.416 e. The molecule has 1 fully saturated rings. The molecule has 5 nitrogen and oxygen atoms in total. The number of rotatable bonds is 5. The van der Waals surface area contributed by atoms with E-state index >= 15 is 0 Å². The Bertz CT molecular complexity index is 1250. The Morgan fingerprint density at radius 2 is 1.76 bits per heavy atom. The summed E-state index contributed by atoms with van der Waals surface area (Å²) in [6, 6.07) is 21.0. The minimum Gasteiger partial charge on any atom is -0.497 e. The van der Waals surface area contributed by atoms with Crippen molar-refractivity contribution in [3.63, 3.8) is 0 Å². The molecule has 2 aliphatic heterocycles. The molecule has 1 N–H and O–H groups in total.